The van der Waals surface area contributed by atoms with Gasteiger partial charge in [0.15, 0.2) is 0 Å². The number of nitrogens with one attached hydrogen (secondary N) is 1. The van der Waals surface area contributed by atoms with Crippen molar-refractivity contribution in [3.8, 4) is 0 Å². The van der Waals surface area contributed by atoms with Crippen LogP contribution in [-0.2, 0) is 4.79 Å². The topological polar surface area (TPSA) is 85.1 Å². The summed E-state index contributed by atoms with van der Waals surface area (Å²) in [5.74, 6) is 0.680. The Bertz CT molecular complexity index is 454. The summed E-state index contributed by atoms with van der Waals surface area (Å²) in [7, 11) is 0. The monoisotopic (exact) mass is 283 g/mol. The van der Waals surface area contributed by atoms with Crippen LogP contribution in [0.3, 0.4) is 0 Å². The molecule has 1 aromatic rings. The minimum atomic E-state index is -0.558. The summed E-state index contributed by atoms with van der Waals surface area (Å²) in [6.45, 7) is 3.88. The van der Waals surface area contributed by atoms with E-state index in [0.717, 1.165) is 24.8 Å². The molecule has 1 aromatic heterocycles. The van der Waals surface area contributed by atoms with E-state index in [9.17, 15) is 14.9 Å². The molecule has 19 heavy (non-hydrogen) atoms. The van der Waals surface area contributed by atoms with Crippen LogP contribution in [0.15, 0.2) is 18.5 Å². The molecule has 1 rings (SSSR count). The molecule has 0 fully saturated rings. The Hall–Kier alpha value is -1.63. The highest BCUT2D eigenvalue weighted by Crippen LogP contribution is 2.23. The van der Waals surface area contributed by atoms with Gasteiger partial charge in [0.1, 0.15) is 11.9 Å². The first kappa shape index (κ1) is 15.4. The van der Waals surface area contributed by atoms with Crippen molar-refractivity contribution in [1.29, 1.82) is 0 Å². The van der Waals surface area contributed by atoms with E-state index in [1.54, 1.807) is 18.7 Å². The SMILES string of the molecule is CCCCS[C@@H](C)C(=O)Nc1ccncc1[N+](=O)[O-]. The number of hydrogen-bond acceptors (Lipinski definition) is 5. The lowest BCUT2D eigenvalue weighted by Crippen LogP contribution is -2.23. The van der Waals surface area contributed by atoms with Gasteiger partial charge in [-0.05, 0) is 25.2 Å². The number of thioether (sulfide) groups is 1. The number of nitro groups is 1. The van der Waals surface area contributed by atoms with Gasteiger partial charge in [-0.1, -0.05) is 13.3 Å². The van der Waals surface area contributed by atoms with Gasteiger partial charge >= 0.3 is 5.69 Å². The lowest BCUT2D eigenvalue weighted by atomic mass is 10.3. The van der Waals surface area contributed by atoms with Gasteiger partial charge in [0, 0.05) is 6.20 Å². The fourth-order valence-electron chi connectivity index (χ4n) is 1.35. The lowest BCUT2D eigenvalue weighted by molar-refractivity contribution is -0.384. The predicted octanol–water partition coefficient (Wildman–Crippen LogP) is 2.85. The van der Waals surface area contributed by atoms with Crippen LogP contribution in [0.1, 0.15) is 26.7 Å². The molecule has 0 aliphatic rings. The van der Waals surface area contributed by atoms with Gasteiger partial charge in [0.2, 0.25) is 5.91 Å². The smallest absolute Gasteiger partial charge is 0.310 e. The van der Waals surface area contributed by atoms with Gasteiger partial charge in [0.05, 0.1) is 10.2 Å². The molecular formula is C12H17N3O3S. The zero-order valence-corrected chi connectivity index (χ0v) is 11.8. The van der Waals surface area contributed by atoms with Crippen molar-refractivity contribution in [3.63, 3.8) is 0 Å². The molecule has 0 unspecified atom stereocenters. The molecule has 1 heterocycles. The second-order valence-electron chi connectivity index (χ2n) is 4.01. The van der Waals surface area contributed by atoms with Crippen LogP contribution in [-0.4, -0.2) is 26.8 Å². The van der Waals surface area contributed by atoms with Gasteiger partial charge in [-0.25, -0.2) is 0 Å². The number of nitrogens with zero attached hydrogens (tertiary/aromatic N) is 2. The molecule has 1 amide bonds. The Labute approximate surface area is 116 Å². The number of unbranched alkanes of at least 4 members (excludes halogenated alkanes) is 1. The summed E-state index contributed by atoms with van der Waals surface area (Å²) in [5, 5.41) is 13.1. The van der Waals surface area contributed by atoms with Crippen molar-refractivity contribution in [2.45, 2.75) is 31.9 Å². The maximum atomic E-state index is 11.9. The number of carbonyl (C=O) groups is 1. The first-order valence-corrected chi connectivity index (χ1v) is 7.12. The number of anilines is 1. The van der Waals surface area contributed by atoms with E-state index < -0.39 is 4.92 Å². The molecule has 0 aliphatic carbocycles. The van der Waals surface area contributed by atoms with Crippen LogP contribution in [0.2, 0.25) is 0 Å². The fraction of sp³-hybridized carbons (Fsp3) is 0.500. The molecule has 0 spiro atoms. The molecule has 1 N–H and O–H groups in total. The highest BCUT2D eigenvalue weighted by Gasteiger charge is 2.19. The van der Waals surface area contributed by atoms with E-state index >= 15 is 0 Å². The minimum Gasteiger partial charge on any atom is -0.319 e. The fourth-order valence-corrected chi connectivity index (χ4v) is 2.37. The average molecular weight is 283 g/mol. The standard InChI is InChI=1S/C12H17N3O3S/c1-3-4-7-19-9(2)12(16)14-10-5-6-13-8-11(10)15(17)18/h5-6,8-9H,3-4,7H2,1-2H3,(H,13,14,16)/t9-/m0/s1. The molecule has 104 valence electrons. The van der Waals surface area contributed by atoms with Crippen molar-refractivity contribution in [3.05, 3.63) is 28.6 Å². The van der Waals surface area contributed by atoms with Gasteiger partial charge in [0.25, 0.3) is 0 Å². The second kappa shape index (κ2) is 7.73. The third-order valence-electron chi connectivity index (χ3n) is 2.49. The molecule has 0 aromatic carbocycles. The van der Waals surface area contributed by atoms with Crippen molar-refractivity contribution in [2.24, 2.45) is 0 Å². The first-order valence-electron chi connectivity index (χ1n) is 6.07. The molecule has 0 saturated heterocycles. The van der Waals surface area contributed by atoms with Crippen molar-refractivity contribution >= 4 is 29.0 Å². The van der Waals surface area contributed by atoms with E-state index in [2.05, 4.69) is 17.2 Å². The molecular weight excluding hydrogens is 266 g/mol. The highest BCUT2D eigenvalue weighted by molar-refractivity contribution is 8.00. The second-order valence-corrected chi connectivity index (χ2v) is 5.45. The van der Waals surface area contributed by atoms with Gasteiger partial charge < -0.3 is 5.32 Å². The van der Waals surface area contributed by atoms with Crippen LogP contribution >= 0.6 is 11.8 Å². The van der Waals surface area contributed by atoms with Crippen LogP contribution < -0.4 is 5.32 Å². The summed E-state index contributed by atoms with van der Waals surface area (Å²) in [6, 6.07) is 1.43. The van der Waals surface area contributed by atoms with Gasteiger partial charge in [-0.2, -0.15) is 0 Å². The third kappa shape index (κ3) is 4.86. The van der Waals surface area contributed by atoms with Crippen LogP contribution in [0.25, 0.3) is 0 Å². The number of pyridine rings is 1. The molecule has 7 heteroatoms. The number of hydrogen-bond donors (Lipinski definition) is 1. The summed E-state index contributed by atoms with van der Waals surface area (Å²) in [4.78, 5) is 25.8. The van der Waals surface area contributed by atoms with E-state index in [0.29, 0.717) is 0 Å². The number of aromatic nitrogens is 1. The zero-order valence-electron chi connectivity index (χ0n) is 11.0. The van der Waals surface area contributed by atoms with E-state index in [1.807, 2.05) is 0 Å². The molecule has 6 nitrogen and oxygen atoms in total. The third-order valence-corrected chi connectivity index (χ3v) is 3.73. The number of rotatable bonds is 7. The van der Waals surface area contributed by atoms with E-state index in [1.165, 1.54) is 12.3 Å². The van der Waals surface area contributed by atoms with Gasteiger partial charge in [-0.15, -0.1) is 11.8 Å². The maximum absolute atomic E-state index is 11.9. The first-order chi connectivity index (χ1) is 9.06. The number of carbonyl (C=O) groups excluding carboxylic acids is 1. The quantitative estimate of drug-likeness (QED) is 0.472. The van der Waals surface area contributed by atoms with Gasteiger partial charge in [-0.3, -0.25) is 19.9 Å². The van der Waals surface area contributed by atoms with Crippen LogP contribution in [0, 0.1) is 10.1 Å². The Kier molecular flexibility index (Phi) is 6.27. The van der Waals surface area contributed by atoms with E-state index in [-0.39, 0.29) is 22.5 Å². The lowest BCUT2D eigenvalue weighted by Gasteiger charge is -2.11. The predicted molar refractivity (Wildman–Crippen MR) is 76.3 cm³/mol. The molecule has 0 aliphatic heterocycles. The Morgan fingerprint density at radius 3 is 3.00 bits per heavy atom. The average Bonchev–Trinajstić information content (AvgIpc) is 2.39. The van der Waals surface area contributed by atoms with Crippen LogP contribution in [0.4, 0.5) is 11.4 Å². The zero-order chi connectivity index (χ0) is 14.3. The summed E-state index contributed by atoms with van der Waals surface area (Å²) in [5.41, 5.74) is -0.00505. The molecule has 0 radical (unpaired) electrons. The molecule has 0 saturated carbocycles. The minimum absolute atomic E-state index is 0.188. The maximum Gasteiger partial charge on any atom is 0.310 e. The molecule has 1 atom stereocenters. The largest absolute Gasteiger partial charge is 0.319 e. The highest BCUT2D eigenvalue weighted by atomic mass is 32.2. The van der Waals surface area contributed by atoms with Crippen molar-refractivity contribution in [2.75, 3.05) is 11.1 Å². The Morgan fingerprint density at radius 2 is 2.37 bits per heavy atom. The summed E-state index contributed by atoms with van der Waals surface area (Å²) >= 11 is 1.55. The van der Waals surface area contributed by atoms with Crippen molar-refractivity contribution < 1.29 is 9.72 Å². The summed E-state index contributed by atoms with van der Waals surface area (Å²) < 4.78 is 0. The summed E-state index contributed by atoms with van der Waals surface area (Å²) in [6.07, 6.45) is 4.68. The Morgan fingerprint density at radius 1 is 1.63 bits per heavy atom. The van der Waals surface area contributed by atoms with Crippen molar-refractivity contribution in [1.82, 2.24) is 4.98 Å². The number of amides is 1. The molecule has 0 bridgehead atoms. The van der Waals surface area contributed by atoms with E-state index in [4.69, 9.17) is 0 Å². The van der Waals surface area contributed by atoms with Crippen LogP contribution in [0.5, 0.6) is 0 Å². The normalized spacial score (nSPS) is 11.9. The Balaban J connectivity index is 2.64.